The zero-order valence-corrected chi connectivity index (χ0v) is 12.3. The summed E-state index contributed by atoms with van der Waals surface area (Å²) in [4.78, 5) is 0. The SMILES string of the molecule is CC[CH2][PbH]([CH2]CC)[CH2]CC. The van der Waals surface area contributed by atoms with E-state index in [-0.39, 0.29) is 0 Å². The molecule has 62 valence electrons. The van der Waals surface area contributed by atoms with Gasteiger partial charge in [0.1, 0.15) is 0 Å². The summed E-state index contributed by atoms with van der Waals surface area (Å²) in [7, 11) is 0. The zero-order chi connectivity index (χ0) is 7.82. The van der Waals surface area contributed by atoms with E-state index in [1.807, 2.05) is 0 Å². The molecule has 0 saturated heterocycles. The van der Waals surface area contributed by atoms with Crippen LogP contribution < -0.4 is 0 Å². The van der Waals surface area contributed by atoms with Gasteiger partial charge < -0.3 is 0 Å². The van der Waals surface area contributed by atoms with Crippen molar-refractivity contribution in [3.63, 3.8) is 0 Å². The van der Waals surface area contributed by atoms with E-state index in [2.05, 4.69) is 20.8 Å². The minimum absolute atomic E-state index is 0.991. The molecule has 0 aromatic rings. The Hall–Kier alpha value is 0.922. The summed E-state index contributed by atoms with van der Waals surface area (Å²) in [5, 5.41) is 0. The zero-order valence-electron chi connectivity index (χ0n) is 7.82. The van der Waals surface area contributed by atoms with E-state index in [0.29, 0.717) is 0 Å². The first-order chi connectivity index (χ1) is 4.85. The average molecular weight is 337 g/mol. The second-order valence-electron chi connectivity index (χ2n) is 3.23. The van der Waals surface area contributed by atoms with Gasteiger partial charge in [0.05, 0.1) is 0 Å². The van der Waals surface area contributed by atoms with E-state index in [9.17, 15) is 0 Å². The topological polar surface area (TPSA) is 0 Å². The molecule has 0 saturated carbocycles. The molecular weight excluding hydrogens is 315 g/mol. The third-order valence-electron chi connectivity index (χ3n) is 2.09. The van der Waals surface area contributed by atoms with Crippen molar-refractivity contribution in [2.24, 2.45) is 0 Å². The van der Waals surface area contributed by atoms with Crippen molar-refractivity contribution < 1.29 is 0 Å². The van der Waals surface area contributed by atoms with Gasteiger partial charge in [-0.2, -0.15) is 0 Å². The first-order valence-corrected chi connectivity index (χ1v) is 14.4. The molecule has 0 heterocycles. The molecule has 0 aliphatic carbocycles. The van der Waals surface area contributed by atoms with E-state index >= 15 is 0 Å². The maximum atomic E-state index is 2.35. The molecule has 0 atom stereocenters. The van der Waals surface area contributed by atoms with Crippen LogP contribution in [0.15, 0.2) is 0 Å². The van der Waals surface area contributed by atoms with Gasteiger partial charge >= 0.3 is 74.7 Å². The summed E-state index contributed by atoms with van der Waals surface area (Å²) >= 11 is -0.991. The summed E-state index contributed by atoms with van der Waals surface area (Å²) in [5.74, 6) is 0. The number of hydrogen-bond acceptors (Lipinski definition) is 0. The number of rotatable bonds is 6. The summed E-state index contributed by atoms with van der Waals surface area (Å²) in [6.45, 7) is 7.04. The quantitative estimate of drug-likeness (QED) is 0.651. The Morgan fingerprint density at radius 1 is 0.700 bits per heavy atom. The standard InChI is InChI=1S/3C3H7.Pb.H/c3*1-3-2;;/h3*1,3H2,2H3;;. The monoisotopic (exact) mass is 338 g/mol. The molecule has 0 radical (unpaired) electrons. The first-order valence-electron chi connectivity index (χ1n) is 4.85. The van der Waals surface area contributed by atoms with Crippen molar-refractivity contribution in [3.8, 4) is 0 Å². The van der Waals surface area contributed by atoms with Crippen molar-refractivity contribution in [1.29, 1.82) is 0 Å². The molecule has 0 N–H and O–H groups in total. The molecule has 0 aliphatic rings. The van der Waals surface area contributed by atoms with Gasteiger partial charge in [0.25, 0.3) is 0 Å². The first kappa shape index (κ1) is 10.9. The molecule has 0 aliphatic heterocycles. The van der Waals surface area contributed by atoms with Gasteiger partial charge in [-0.15, -0.1) is 0 Å². The predicted molar refractivity (Wildman–Crippen MR) is 52.4 cm³/mol. The Balaban J connectivity index is 3.30. The molecule has 0 aromatic carbocycles. The fourth-order valence-corrected chi connectivity index (χ4v) is 14.5. The average Bonchev–Trinajstić information content (AvgIpc) is 1.90. The Kier molecular flexibility index (Phi) is 8.76. The normalized spacial score (nSPS) is 10.8. The third-order valence-corrected chi connectivity index (χ3v) is 18.3. The summed E-state index contributed by atoms with van der Waals surface area (Å²) in [5.41, 5.74) is 0. The molecule has 0 amide bonds. The second-order valence-corrected chi connectivity index (χ2v) is 16.7. The fourth-order valence-electron chi connectivity index (χ4n) is 1.66. The molecule has 0 bridgehead atoms. The van der Waals surface area contributed by atoms with Crippen molar-refractivity contribution >= 4 is 22.7 Å². The van der Waals surface area contributed by atoms with E-state index in [4.69, 9.17) is 0 Å². The minimum atomic E-state index is -0.991. The second kappa shape index (κ2) is 8.02. The predicted octanol–water partition coefficient (Wildman–Crippen LogP) is 3.44. The van der Waals surface area contributed by atoms with Gasteiger partial charge in [0.15, 0.2) is 0 Å². The van der Waals surface area contributed by atoms with E-state index in [1.165, 1.54) is 19.3 Å². The molecule has 0 spiro atoms. The van der Waals surface area contributed by atoms with Crippen LogP contribution in [-0.4, -0.2) is 22.7 Å². The summed E-state index contributed by atoms with van der Waals surface area (Å²) < 4.78 is 5.01. The van der Waals surface area contributed by atoms with E-state index in [1.54, 1.807) is 11.9 Å². The van der Waals surface area contributed by atoms with Crippen LogP contribution in [0.1, 0.15) is 40.0 Å². The van der Waals surface area contributed by atoms with Crippen molar-refractivity contribution in [3.05, 3.63) is 0 Å². The van der Waals surface area contributed by atoms with Crippen molar-refractivity contribution in [2.75, 3.05) is 0 Å². The van der Waals surface area contributed by atoms with Crippen LogP contribution in [0.4, 0.5) is 0 Å². The van der Waals surface area contributed by atoms with Crippen LogP contribution in [0.5, 0.6) is 0 Å². The van der Waals surface area contributed by atoms with Crippen molar-refractivity contribution in [1.82, 2.24) is 0 Å². The van der Waals surface area contributed by atoms with Gasteiger partial charge in [-0.1, -0.05) is 0 Å². The maximum absolute atomic E-state index is 2.35. The molecule has 0 nitrogen and oxygen atoms in total. The molecule has 10 heavy (non-hydrogen) atoms. The molecule has 0 unspecified atom stereocenters. The third kappa shape index (κ3) is 5.69. The van der Waals surface area contributed by atoms with E-state index in [0.717, 1.165) is 0 Å². The molecule has 0 rings (SSSR count). The molecular formula is C9H22Pb. The summed E-state index contributed by atoms with van der Waals surface area (Å²) in [6, 6.07) is 0. The Morgan fingerprint density at radius 2 is 1.00 bits per heavy atom. The van der Waals surface area contributed by atoms with Crippen LogP contribution >= 0.6 is 0 Å². The molecule has 0 fully saturated rings. The van der Waals surface area contributed by atoms with Crippen LogP contribution in [0, 0.1) is 0 Å². The number of hydrogen-bond donors (Lipinski definition) is 0. The van der Waals surface area contributed by atoms with Crippen LogP contribution in [0.3, 0.4) is 0 Å². The Labute approximate surface area is 74.5 Å². The molecule has 0 aromatic heterocycles. The Bertz CT molecular complexity index is 47.5. The fraction of sp³-hybridized carbons (Fsp3) is 1.00. The van der Waals surface area contributed by atoms with Crippen LogP contribution in [-0.2, 0) is 0 Å². The van der Waals surface area contributed by atoms with Gasteiger partial charge in [0, 0.05) is 0 Å². The van der Waals surface area contributed by atoms with Gasteiger partial charge in [0.2, 0.25) is 0 Å². The van der Waals surface area contributed by atoms with Crippen molar-refractivity contribution in [2.45, 2.75) is 52.0 Å². The van der Waals surface area contributed by atoms with Gasteiger partial charge in [-0.3, -0.25) is 0 Å². The van der Waals surface area contributed by atoms with Gasteiger partial charge in [-0.05, 0) is 0 Å². The van der Waals surface area contributed by atoms with E-state index < -0.39 is 22.7 Å². The molecule has 1 heteroatoms. The summed E-state index contributed by atoms with van der Waals surface area (Å²) in [6.07, 6.45) is 4.39. The van der Waals surface area contributed by atoms with Crippen LogP contribution in [0.25, 0.3) is 0 Å². The van der Waals surface area contributed by atoms with Gasteiger partial charge in [-0.25, -0.2) is 0 Å². The Morgan fingerprint density at radius 3 is 1.20 bits per heavy atom. The van der Waals surface area contributed by atoms with Crippen LogP contribution in [0.2, 0.25) is 11.9 Å².